The van der Waals surface area contributed by atoms with Crippen LogP contribution in [0, 0.1) is 18.7 Å². The minimum Gasteiger partial charge on any atom is -0.327 e. The van der Waals surface area contributed by atoms with Gasteiger partial charge in [-0.1, -0.05) is 25.5 Å². The maximum atomic E-state index is 13.1. The quantitative estimate of drug-likeness (QED) is 0.792. The third kappa shape index (κ3) is 1.78. The maximum Gasteiger partial charge on any atom is 0.126 e. The van der Waals surface area contributed by atoms with Crippen molar-refractivity contribution in [2.24, 2.45) is 11.7 Å². The highest BCUT2D eigenvalue weighted by atomic mass is 19.1. The van der Waals surface area contributed by atoms with Gasteiger partial charge in [0.15, 0.2) is 0 Å². The molecule has 0 aromatic heterocycles. The molecule has 2 rings (SSSR count). The predicted molar refractivity (Wildman–Crippen MR) is 60.3 cm³/mol. The zero-order chi connectivity index (χ0) is 11.0. The molecule has 0 heterocycles. The highest BCUT2D eigenvalue weighted by Crippen LogP contribution is 2.43. The van der Waals surface area contributed by atoms with E-state index >= 15 is 0 Å². The Morgan fingerprint density at radius 3 is 2.73 bits per heavy atom. The molecule has 2 N–H and O–H groups in total. The standard InChI is InChI=1S/C13H18FN/c1-3-10-11(7-13(10)15)9-4-5-12(14)8(2)6-9/h4-6,10-11,13H,3,7,15H2,1-2H3. The molecule has 0 saturated heterocycles. The van der Waals surface area contributed by atoms with Crippen LogP contribution in [0.5, 0.6) is 0 Å². The van der Waals surface area contributed by atoms with Gasteiger partial charge in [-0.05, 0) is 42.4 Å². The van der Waals surface area contributed by atoms with Gasteiger partial charge < -0.3 is 5.73 Å². The van der Waals surface area contributed by atoms with Crippen molar-refractivity contribution in [2.45, 2.75) is 38.6 Å². The van der Waals surface area contributed by atoms with Crippen LogP contribution < -0.4 is 5.73 Å². The van der Waals surface area contributed by atoms with E-state index in [1.807, 2.05) is 19.1 Å². The highest BCUT2D eigenvalue weighted by Gasteiger charge is 2.37. The third-order valence-electron chi connectivity index (χ3n) is 3.67. The first-order valence-corrected chi connectivity index (χ1v) is 5.65. The molecule has 2 heteroatoms. The molecule has 1 aromatic carbocycles. The number of hydrogen-bond acceptors (Lipinski definition) is 1. The fourth-order valence-electron chi connectivity index (χ4n) is 2.61. The summed E-state index contributed by atoms with van der Waals surface area (Å²) in [6, 6.07) is 5.78. The normalized spacial score (nSPS) is 30.0. The van der Waals surface area contributed by atoms with Crippen LogP contribution in [-0.4, -0.2) is 6.04 Å². The summed E-state index contributed by atoms with van der Waals surface area (Å²) in [6.07, 6.45) is 2.16. The number of halogens is 1. The summed E-state index contributed by atoms with van der Waals surface area (Å²) in [7, 11) is 0. The lowest BCUT2D eigenvalue weighted by molar-refractivity contribution is 0.198. The average Bonchev–Trinajstić information content (AvgIpc) is 2.19. The highest BCUT2D eigenvalue weighted by molar-refractivity contribution is 5.29. The van der Waals surface area contributed by atoms with E-state index in [4.69, 9.17) is 5.73 Å². The fourth-order valence-corrected chi connectivity index (χ4v) is 2.61. The summed E-state index contributed by atoms with van der Waals surface area (Å²) >= 11 is 0. The number of benzene rings is 1. The van der Waals surface area contributed by atoms with Gasteiger partial charge in [0.2, 0.25) is 0 Å². The lowest BCUT2D eigenvalue weighted by Crippen LogP contribution is -2.45. The Bertz CT molecular complexity index is 362. The van der Waals surface area contributed by atoms with Gasteiger partial charge in [0, 0.05) is 6.04 Å². The van der Waals surface area contributed by atoms with Crippen LogP contribution in [0.25, 0.3) is 0 Å². The van der Waals surface area contributed by atoms with Crippen LogP contribution >= 0.6 is 0 Å². The summed E-state index contributed by atoms with van der Waals surface area (Å²) < 4.78 is 13.1. The van der Waals surface area contributed by atoms with E-state index < -0.39 is 0 Å². The molecule has 0 bridgehead atoms. The van der Waals surface area contributed by atoms with E-state index in [9.17, 15) is 4.39 Å². The van der Waals surface area contributed by atoms with Crippen LogP contribution in [0.2, 0.25) is 0 Å². The number of aryl methyl sites for hydroxylation is 1. The SMILES string of the molecule is CCC1C(N)CC1c1ccc(F)c(C)c1. The lowest BCUT2D eigenvalue weighted by Gasteiger charge is -2.43. The van der Waals surface area contributed by atoms with E-state index in [-0.39, 0.29) is 5.82 Å². The summed E-state index contributed by atoms with van der Waals surface area (Å²) in [6.45, 7) is 3.99. The van der Waals surface area contributed by atoms with Crippen LogP contribution in [0.3, 0.4) is 0 Å². The van der Waals surface area contributed by atoms with Gasteiger partial charge in [-0.3, -0.25) is 0 Å². The first-order chi connectivity index (χ1) is 7.13. The van der Waals surface area contributed by atoms with Crippen LogP contribution in [0.15, 0.2) is 18.2 Å². The molecule has 3 unspecified atom stereocenters. The van der Waals surface area contributed by atoms with E-state index in [2.05, 4.69) is 6.92 Å². The maximum absolute atomic E-state index is 13.1. The summed E-state index contributed by atoms with van der Waals surface area (Å²) in [5.41, 5.74) is 7.95. The monoisotopic (exact) mass is 207 g/mol. The van der Waals surface area contributed by atoms with Crippen molar-refractivity contribution in [3.05, 3.63) is 35.1 Å². The van der Waals surface area contributed by atoms with Gasteiger partial charge in [0.25, 0.3) is 0 Å². The number of rotatable bonds is 2. The van der Waals surface area contributed by atoms with Gasteiger partial charge in [-0.25, -0.2) is 4.39 Å². The molecular formula is C13H18FN. The van der Waals surface area contributed by atoms with Crippen LogP contribution in [0.4, 0.5) is 4.39 Å². The second-order valence-corrected chi connectivity index (χ2v) is 4.59. The second kappa shape index (κ2) is 3.93. The molecule has 0 aliphatic heterocycles. The predicted octanol–water partition coefficient (Wildman–Crippen LogP) is 2.97. The fraction of sp³-hybridized carbons (Fsp3) is 0.538. The van der Waals surface area contributed by atoms with Crippen molar-refractivity contribution in [1.29, 1.82) is 0 Å². The van der Waals surface area contributed by atoms with Gasteiger partial charge >= 0.3 is 0 Å². The first-order valence-electron chi connectivity index (χ1n) is 5.65. The number of hydrogen-bond donors (Lipinski definition) is 1. The van der Waals surface area contributed by atoms with E-state index in [0.29, 0.717) is 17.9 Å². The molecule has 1 aromatic rings. The van der Waals surface area contributed by atoms with Gasteiger partial charge in [0.05, 0.1) is 0 Å². The average molecular weight is 207 g/mol. The van der Waals surface area contributed by atoms with Crippen LogP contribution in [0.1, 0.15) is 36.8 Å². The second-order valence-electron chi connectivity index (χ2n) is 4.59. The van der Waals surface area contributed by atoms with Crippen molar-refractivity contribution in [3.63, 3.8) is 0 Å². The Labute approximate surface area is 90.5 Å². The Kier molecular flexibility index (Phi) is 2.79. The first kappa shape index (κ1) is 10.6. The van der Waals surface area contributed by atoms with Crippen molar-refractivity contribution in [1.82, 2.24) is 0 Å². The molecule has 1 aliphatic rings. The largest absolute Gasteiger partial charge is 0.327 e. The zero-order valence-electron chi connectivity index (χ0n) is 9.33. The minimum atomic E-state index is -0.115. The molecule has 1 aliphatic carbocycles. The molecular weight excluding hydrogens is 189 g/mol. The Morgan fingerprint density at radius 2 is 2.20 bits per heavy atom. The van der Waals surface area contributed by atoms with Gasteiger partial charge in [0.1, 0.15) is 5.82 Å². The van der Waals surface area contributed by atoms with E-state index in [1.165, 1.54) is 5.56 Å². The van der Waals surface area contributed by atoms with Crippen molar-refractivity contribution >= 4 is 0 Å². The summed E-state index contributed by atoms with van der Waals surface area (Å²) in [4.78, 5) is 0. The van der Waals surface area contributed by atoms with Crippen molar-refractivity contribution < 1.29 is 4.39 Å². The minimum absolute atomic E-state index is 0.115. The topological polar surface area (TPSA) is 26.0 Å². The van der Waals surface area contributed by atoms with Gasteiger partial charge in [-0.2, -0.15) is 0 Å². The Hall–Kier alpha value is -0.890. The molecule has 82 valence electrons. The smallest absolute Gasteiger partial charge is 0.126 e. The van der Waals surface area contributed by atoms with E-state index in [0.717, 1.165) is 18.4 Å². The van der Waals surface area contributed by atoms with E-state index in [1.54, 1.807) is 6.07 Å². The summed E-state index contributed by atoms with van der Waals surface area (Å²) in [5.74, 6) is 1.01. The third-order valence-corrected chi connectivity index (χ3v) is 3.67. The van der Waals surface area contributed by atoms with Crippen LogP contribution in [-0.2, 0) is 0 Å². The number of nitrogens with two attached hydrogens (primary N) is 1. The van der Waals surface area contributed by atoms with Gasteiger partial charge in [-0.15, -0.1) is 0 Å². The molecule has 1 saturated carbocycles. The molecule has 0 amide bonds. The Balaban J connectivity index is 2.20. The molecule has 15 heavy (non-hydrogen) atoms. The van der Waals surface area contributed by atoms with Crippen molar-refractivity contribution in [2.75, 3.05) is 0 Å². The molecule has 3 atom stereocenters. The lowest BCUT2D eigenvalue weighted by atomic mass is 9.65. The molecule has 1 fully saturated rings. The molecule has 0 spiro atoms. The molecule has 0 radical (unpaired) electrons. The molecule has 1 nitrogen and oxygen atoms in total. The Morgan fingerprint density at radius 1 is 1.47 bits per heavy atom. The zero-order valence-corrected chi connectivity index (χ0v) is 9.33. The van der Waals surface area contributed by atoms with Crippen molar-refractivity contribution in [3.8, 4) is 0 Å². The summed E-state index contributed by atoms with van der Waals surface area (Å²) in [5, 5.41) is 0.